The number of aromatic nitrogens is 6. The Morgan fingerprint density at radius 2 is 1.58 bits per heavy atom. The fraction of sp³-hybridized carbons (Fsp3) is 0.0588. The van der Waals surface area contributed by atoms with Gasteiger partial charge in [-0.3, -0.25) is 8.80 Å². The van der Waals surface area contributed by atoms with Crippen LogP contribution in [-0.2, 0) is 5.75 Å². The summed E-state index contributed by atoms with van der Waals surface area (Å²) in [6.45, 7) is 0. The normalized spacial score (nSPS) is 11.7. The van der Waals surface area contributed by atoms with Gasteiger partial charge >= 0.3 is 0 Å². The number of benzene rings is 2. The fourth-order valence-corrected chi connectivity index (χ4v) is 3.77. The molecular formula is C17H12N6S. The second-order valence-electron chi connectivity index (χ2n) is 5.43. The molecule has 3 heterocycles. The molecule has 6 nitrogen and oxygen atoms in total. The summed E-state index contributed by atoms with van der Waals surface area (Å²) in [5.41, 5.74) is 4.77. The first-order valence-corrected chi connectivity index (χ1v) is 8.53. The molecule has 5 rings (SSSR count). The minimum atomic E-state index is 0.716. The number of hydrogen-bond donors (Lipinski definition) is 0. The first kappa shape index (κ1) is 13.5. The van der Waals surface area contributed by atoms with Crippen molar-refractivity contribution in [3.8, 4) is 0 Å². The molecule has 5 aromatic rings. The van der Waals surface area contributed by atoms with Crippen LogP contribution in [0.5, 0.6) is 0 Å². The van der Waals surface area contributed by atoms with E-state index in [1.807, 2.05) is 34.7 Å². The van der Waals surface area contributed by atoms with Crippen molar-refractivity contribution in [3.05, 3.63) is 66.5 Å². The number of nitrogens with zero attached hydrogens (tertiary/aromatic N) is 6. The highest BCUT2D eigenvalue weighted by molar-refractivity contribution is 7.98. The minimum absolute atomic E-state index is 0.716. The predicted octanol–water partition coefficient (Wildman–Crippen LogP) is 3.22. The van der Waals surface area contributed by atoms with E-state index in [9.17, 15) is 0 Å². The summed E-state index contributed by atoms with van der Waals surface area (Å²) in [4.78, 5) is 0. The van der Waals surface area contributed by atoms with Crippen LogP contribution in [0.3, 0.4) is 0 Å². The van der Waals surface area contributed by atoms with E-state index in [0.29, 0.717) is 5.65 Å². The second kappa shape index (κ2) is 5.31. The van der Waals surface area contributed by atoms with E-state index in [-0.39, 0.29) is 0 Å². The Labute approximate surface area is 141 Å². The topological polar surface area (TPSA) is 60.4 Å². The Bertz CT molecular complexity index is 1160. The van der Waals surface area contributed by atoms with Gasteiger partial charge in [-0.2, -0.15) is 0 Å². The quantitative estimate of drug-likeness (QED) is 0.475. The molecule has 2 aromatic carbocycles. The van der Waals surface area contributed by atoms with E-state index in [0.717, 1.165) is 27.6 Å². The molecule has 0 aliphatic heterocycles. The van der Waals surface area contributed by atoms with Crippen LogP contribution >= 0.6 is 11.8 Å². The third-order valence-electron chi connectivity index (χ3n) is 3.97. The third-order valence-corrected chi connectivity index (χ3v) is 4.97. The molecule has 0 saturated heterocycles. The van der Waals surface area contributed by atoms with E-state index in [4.69, 9.17) is 0 Å². The Morgan fingerprint density at radius 3 is 2.46 bits per heavy atom. The Balaban J connectivity index is 1.71. The Kier molecular flexibility index (Phi) is 2.99. The molecule has 0 radical (unpaired) electrons. The molecule has 3 aromatic heterocycles. The predicted molar refractivity (Wildman–Crippen MR) is 93.0 cm³/mol. The number of rotatable bonds is 3. The van der Waals surface area contributed by atoms with Crippen LogP contribution in [0.25, 0.3) is 22.3 Å². The van der Waals surface area contributed by atoms with Crippen molar-refractivity contribution >= 4 is 34.1 Å². The molecule has 0 aliphatic rings. The minimum Gasteiger partial charge on any atom is -0.277 e. The molecule has 0 saturated carbocycles. The maximum absolute atomic E-state index is 4.39. The molecule has 0 N–H and O–H groups in total. The van der Waals surface area contributed by atoms with Crippen molar-refractivity contribution in [3.63, 3.8) is 0 Å². The lowest BCUT2D eigenvalue weighted by atomic mass is 10.2. The van der Waals surface area contributed by atoms with Gasteiger partial charge in [0.15, 0.2) is 5.16 Å². The molecular weight excluding hydrogens is 320 g/mol. The highest BCUT2D eigenvalue weighted by Gasteiger charge is 2.15. The maximum Gasteiger partial charge on any atom is 0.207 e. The molecule has 0 aliphatic carbocycles. The van der Waals surface area contributed by atoms with Crippen LogP contribution in [0.4, 0.5) is 0 Å². The largest absolute Gasteiger partial charge is 0.277 e. The first-order valence-electron chi connectivity index (χ1n) is 7.54. The van der Waals surface area contributed by atoms with E-state index in [1.54, 1.807) is 18.1 Å². The van der Waals surface area contributed by atoms with Gasteiger partial charge in [-0.1, -0.05) is 54.2 Å². The van der Waals surface area contributed by atoms with E-state index in [1.165, 1.54) is 5.56 Å². The van der Waals surface area contributed by atoms with Crippen molar-refractivity contribution in [2.75, 3.05) is 0 Å². The molecule has 0 atom stereocenters. The van der Waals surface area contributed by atoms with Crippen LogP contribution in [0.2, 0.25) is 0 Å². The number of para-hydroxylation sites is 2. The van der Waals surface area contributed by atoms with Crippen molar-refractivity contribution < 1.29 is 0 Å². The van der Waals surface area contributed by atoms with Gasteiger partial charge in [-0.05, 0) is 17.7 Å². The molecule has 7 heteroatoms. The monoisotopic (exact) mass is 332 g/mol. The Hall–Kier alpha value is -2.93. The van der Waals surface area contributed by atoms with Crippen LogP contribution in [-0.4, -0.2) is 29.2 Å². The average Bonchev–Trinajstić information content (AvgIpc) is 3.28. The second-order valence-corrected chi connectivity index (χ2v) is 6.37. The summed E-state index contributed by atoms with van der Waals surface area (Å²) in [5, 5.41) is 17.8. The number of thioether (sulfide) groups is 1. The zero-order valence-electron chi connectivity index (χ0n) is 12.6. The van der Waals surface area contributed by atoms with Gasteiger partial charge in [0, 0.05) is 5.75 Å². The Morgan fingerprint density at radius 1 is 0.792 bits per heavy atom. The van der Waals surface area contributed by atoms with Crippen molar-refractivity contribution in [1.29, 1.82) is 0 Å². The lowest BCUT2D eigenvalue weighted by molar-refractivity contribution is 0.938. The van der Waals surface area contributed by atoms with Gasteiger partial charge in [0.05, 0.1) is 11.0 Å². The smallest absolute Gasteiger partial charge is 0.207 e. The summed E-state index contributed by atoms with van der Waals surface area (Å²) in [5.74, 6) is 0.841. The summed E-state index contributed by atoms with van der Waals surface area (Å²) < 4.78 is 4.01. The van der Waals surface area contributed by atoms with Gasteiger partial charge in [0.1, 0.15) is 6.33 Å². The van der Waals surface area contributed by atoms with Crippen LogP contribution < -0.4 is 0 Å². The van der Waals surface area contributed by atoms with Gasteiger partial charge in [0.25, 0.3) is 0 Å². The van der Waals surface area contributed by atoms with Crippen molar-refractivity contribution in [2.45, 2.75) is 10.9 Å². The summed E-state index contributed by atoms with van der Waals surface area (Å²) in [6.07, 6.45) is 1.71. The summed E-state index contributed by atoms with van der Waals surface area (Å²) in [7, 11) is 0. The first-order chi connectivity index (χ1) is 11.9. The number of hydrogen-bond acceptors (Lipinski definition) is 5. The van der Waals surface area contributed by atoms with Gasteiger partial charge < -0.3 is 0 Å². The molecule has 24 heavy (non-hydrogen) atoms. The fourth-order valence-electron chi connectivity index (χ4n) is 2.87. The third kappa shape index (κ3) is 1.98. The summed E-state index contributed by atoms with van der Waals surface area (Å²) in [6, 6.07) is 18.5. The van der Waals surface area contributed by atoms with Crippen molar-refractivity contribution in [2.24, 2.45) is 0 Å². The summed E-state index contributed by atoms with van der Waals surface area (Å²) >= 11 is 1.67. The van der Waals surface area contributed by atoms with E-state index < -0.39 is 0 Å². The molecule has 0 unspecified atom stereocenters. The standard InChI is InChI=1S/C17H12N6S/c1-2-6-12(7-3-1)10-24-17-21-20-16-15-19-18-11-22(15)13-8-4-5-9-14(13)23(16)17/h1-9,11H,10H2. The maximum atomic E-state index is 4.39. The van der Waals surface area contributed by atoms with Gasteiger partial charge in [0.2, 0.25) is 11.3 Å². The highest BCUT2D eigenvalue weighted by atomic mass is 32.2. The average molecular weight is 332 g/mol. The number of fused-ring (bicyclic) bond motifs is 6. The molecule has 0 amide bonds. The molecule has 0 fully saturated rings. The van der Waals surface area contributed by atoms with Crippen molar-refractivity contribution in [1.82, 2.24) is 29.2 Å². The molecule has 0 spiro atoms. The van der Waals surface area contributed by atoms with Crippen LogP contribution in [0.1, 0.15) is 5.56 Å². The van der Waals surface area contributed by atoms with E-state index in [2.05, 4.69) is 49.1 Å². The lowest BCUT2D eigenvalue weighted by Gasteiger charge is -2.06. The molecule has 0 bridgehead atoms. The van der Waals surface area contributed by atoms with Gasteiger partial charge in [-0.25, -0.2) is 0 Å². The van der Waals surface area contributed by atoms with Crippen LogP contribution in [0, 0.1) is 0 Å². The van der Waals surface area contributed by atoms with Crippen LogP contribution in [0.15, 0.2) is 66.1 Å². The zero-order chi connectivity index (χ0) is 15.9. The zero-order valence-corrected chi connectivity index (χ0v) is 13.4. The lowest BCUT2D eigenvalue weighted by Crippen LogP contribution is -1.97. The van der Waals surface area contributed by atoms with E-state index >= 15 is 0 Å². The van der Waals surface area contributed by atoms with Gasteiger partial charge in [-0.15, -0.1) is 20.4 Å². The molecule has 116 valence electrons. The highest BCUT2D eigenvalue weighted by Crippen LogP contribution is 2.27. The SMILES string of the molecule is c1ccc(CSc2nnc3c4nncn4c4ccccc4n23)cc1.